The van der Waals surface area contributed by atoms with Gasteiger partial charge in [-0.05, 0) is 42.7 Å². The zero-order chi connectivity index (χ0) is 10.7. The molecule has 0 aromatic carbocycles. The van der Waals surface area contributed by atoms with Gasteiger partial charge in [-0.3, -0.25) is 0 Å². The van der Waals surface area contributed by atoms with Crippen LogP contribution < -0.4 is 5.73 Å². The van der Waals surface area contributed by atoms with Gasteiger partial charge < -0.3 is 10.2 Å². The van der Waals surface area contributed by atoms with Crippen molar-refractivity contribution in [3.63, 3.8) is 0 Å². The van der Waals surface area contributed by atoms with Crippen molar-refractivity contribution in [3.8, 4) is 0 Å². The van der Waals surface area contributed by atoms with Gasteiger partial charge in [-0.2, -0.15) is 0 Å². The molecule has 1 fully saturated rings. The number of rotatable bonds is 3. The summed E-state index contributed by atoms with van der Waals surface area (Å²) in [6.45, 7) is 2.34. The van der Waals surface area contributed by atoms with Crippen LogP contribution in [-0.2, 0) is 6.42 Å². The Morgan fingerprint density at radius 1 is 1.53 bits per heavy atom. The molecule has 0 aliphatic heterocycles. The Labute approximate surface area is 91.8 Å². The zero-order valence-electron chi connectivity index (χ0n) is 9.49. The number of hydrogen-bond donors (Lipinski definition) is 1. The number of nitrogens with two attached hydrogens (primary N) is 1. The van der Waals surface area contributed by atoms with Gasteiger partial charge in [0.1, 0.15) is 0 Å². The van der Waals surface area contributed by atoms with Crippen molar-refractivity contribution < 1.29 is 4.42 Å². The molecule has 15 heavy (non-hydrogen) atoms. The van der Waals surface area contributed by atoms with Crippen LogP contribution >= 0.6 is 0 Å². The molecule has 2 heteroatoms. The quantitative estimate of drug-likeness (QED) is 0.827. The van der Waals surface area contributed by atoms with Crippen LogP contribution in [0.3, 0.4) is 0 Å². The van der Waals surface area contributed by atoms with Crippen LogP contribution in [0.1, 0.15) is 38.2 Å². The van der Waals surface area contributed by atoms with E-state index in [0.717, 1.165) is 12.3 Å². The van der Waals surface area contributed by atoms with Gasteiger partial charge in [0.25, 0.3) is 0 Å². The molecule has 0 spiro atoms. The molecule has 0 saturated heterocycles. The van der Waals surface area contributed by atoms with Crippen LogP contribution in [-0.4, -0.2) is 6.04 Å². The van der Waals surface area contributed by atoms with E-state index in [0.29, 0.717) is 12.0 Å². The van der Waals surface area contributed by atoms with Crippen molar-refractivity contribution in [2.75, 3.05) is 0 Å². The van der Waals surface area contributed by atoms with E-state index in [2.05, 4.69) is 6.92 Å². The SMILES string of the molecule is CC1CCCC(C(N)Cc2ccoc2)C1. The molecule has 0 amide bonds. The van der Waals surface area contributed by atoms with E-state index in [1.54, 1.807) is 6.26 Å². The molecule has 1 heterocycles. The van der Waals surface area contributed by atoms with Crippen molar-refractivity contribution in [2.45, 2.75) is 45.1 Å². The highest BCUT2D eigenvalue weighted by molar-refractivity contribution is 5.07. The predicted molar refractivity (Wildman–Crippen MR) is 61.5 cm³/mol. The molecule has 2 N–H and O–H groups in total. The highest BCUT2D eigenvalue weighted by Gasteiger charge is 2.24. The lowest BCUT2D eigenvalue weighted by atomic mass is 9.77. The molecular weight excluding hydrogens is 186 g/mol. The van der Waals surface area contributed by atoms with E-state index < -0.39 is 0 Å². The second-order valence-electron chi connectivity index (χ2n) is 5.03. The minimum absolute atomic E-state index is 0.311. The van der Waals surface area contributed by atoms with Crippen molar-refractivity contribution in [1.82, 2.24) is 0 Å². The fraction of sp³-hybridized carbons (Fsp3) is 0.692. The third-order valence-electron chi connectivity index (χ3n) is 3.63. The van der Waals surface area contributed by atoms with Gasteiger partial charge in [-0.15, -0.1) is 0 Å². The monoisotopic (exact) mass is 207 g/mol. The predicted octanol–water partition coefficient (Wildman–Crippen LogP) is 2.98. The highest BCUT2D eigenvalue weighted by atomic mass is 16.3. The van der Waals surface area contributed by atoms with Gasteiger partial charge in [0.15, 0.2) is 0 Å². The molecule has 3 unspecified atom stereocenters. The minimum atomic E-state index is 0.311. The standard InChI is InChI=1S/C13H21NO/c1-10-3-2-4-12(7-10)13(14)8-11-5-6-15-9-11/h5-6,9-10,12-13H,2-4,7-8,14H2,1H3. The summed E-state index contributed by atoms with van der Waals surface area (Å²) in [5.74, 6) is 1.57. The topological polar surface area (TPSA) is 39.2 Å². The van der Waals surface area contributed by atoms with Gasteiger partial charge >= 0.3 is 0 Å². The van der Waals surface area contributed by atoms with Crippen LogP contribution in [0, 0.1) is 11.8 Å². The second-order valence-corrected chi connectivity index (χ2v) is 5.03. The lowest BCUT2D eigenvalue weighted by molar-refractivity contribution is 0.245. The van der Waals surface area contributed by atoms with Crippen LogP contribution in [0.5, 0.6) is 0 Å². The summed E-state index contributed by atoms with van der Waals surface area (Å²) >= 11 is 0. The first-order chi connectivity index (χ1) is 7.25. The Morgan fingerprint density at radius 2 is 2.40 bits per heavy atom. The van der Waals surface area contributed by atoms with Gasteiger partial charge in [0, 0.05) is 6.04 Å². The maximum atomic E-state index is 6.26. The first kappa shape index (κ1) is 10.7. The third-order valence-corrected chi connectivity index (χ3v) is 3.63. The first-order valence-electron chi connectivity index (χ1n) is 6.02. The Hall–Kier alpha value is -0.760. The van der Waals surface area contributed by atoms with Crippen molar-refractivity contribution in [3.05, 3.63) is 24.2 Å². The molecule has 2 nitrogen and oxygen atoms in total. The van der Waals surface area contributed by atoms with E-state index in [4.69, 9.17) is 10.2 Å². The van der Waals surface area contributed by atoms with Crippen molar-refractivity contribution >= 4 is 0 Å². The summed E-state index contributed by atoms with van der Waals surface area (Å²) < 4.78 is 5.07. The summed E-state index contributed by atoms with van der Waals surface area (Å²) in [6.07, 6.45) is 9.85. The molecule has 0 bridgehead atoms. The maximum absolute atomic E-state index is 6.26. The summed E-state index contributed by atoms with van der Waals surface area (Å²) in [5, 5.41) is 0. The van der Waals surface area contributed by atoms with Gasteiger partial charge in [0.05, 0.1) is 12.5 Å². The van der Waals surface area contributed by atoms with Crippen molar-refractivity contribution in [2.24, 2.45) is 17.6 Å². The fourth-order valence-electron chi connectivity index (χ4n) is 2.72. The third kappa shape index (κ3) is 2.85. The van der Waals surface area contributed by atoms with Gasteiger partial charge in [-0.25, -0.2) is 0 Å². The van der Waals surface area contributed by atoms with Crippen LogP contribution in [0.4, 0.5) is 0 Å². The minimum Gasteiger partial charge on any atom is -0.472 e. The molecule has 1 saturated carbocycles. The molecular formula is C13H21NO. The first-order valence-corrected chi connectivity index (χ1v) is 6.02. The maximum Gasteiger partial charge on any atom is 0.0935 e. The summed E-state index contributed by atoms with van der Waals surface area (Å²) in [6, 6.07) is 2.33. The molecule has 1 aliphatic carbocycles. The lowest BCUT2D eigenvalue weighted by Crippen LogP contribution is -2.35. The summed E-state index contributed by atoms with van der Waals surface area (Å²) in [5.41, 5.74) is 7.50. The van der Waals surface area contributed by atoms with Crippen LogP contribution in [0.2, 0.25) is 0 Å². The van der Waals surface area contributed by atoms with Crippen LogP contribution in [0.15, 0.2) is 23.0 Å². The Bertz CT molecular complexity index is 281. The van der Waals surface area contributed by atoms with Crippen molar-refractivity contribution in [1.29, 1.82) is 0 Å². The smallest absolute Gasteiger partial charge is 0.0935 e. The van der Waals surface area contributed by atoms with E-state index in [1.807, 2.05) is 12.3 Å². The fourth-order valence-corrected chi connectivity index (χ4v) is 2.72. The molecule has 1 aromatic heterocycles. The number of furan rings is 1. The van der Waals surface area contributed by atoms with E-state index in [-0.39, 0.29) is 0 Å². The Kier molecular flexibility index (Phi) is 3.47. The normalized spacial score (nSPS) is 28.9. The summed E-state index contributed by atoms with van der Waals surface area (Å²) in [4.78, 5) is 0. The molecule has 0 radical (unpaired) electrons. The summed E-state index contributed by atoms with van der Waals surface area (Å²) in [7, 11) is 0. The second kappa shape index (κ2) is 4.84. The Balaban J connectivity index is 1.87. The average molecular weight is 207 g/mol. The average Bonchev–Trinajstić information content (AvgIpc) is 2.70. The molecule has 1 aliphatic rings. The van der Waals surface area contributed by atoms with E-state index in [9.17, 15) is 0 Å². The van der Waals surface area contributed by atoms with E-state index in [1.165, 1.54) is 31.2 Å². The molecule has 1 aromatic rings. The number of hydrogen-bond acceptors (Lipinski definition) is 2. The molecule has 3 atom stereocenters. The largest absolute Gasteiger partial charge is 0.472 e. The highest BCUT2D eigenvalue weighted by Crippen LogP contribution is 2.31. The van der Waals surface area contributed by atoms with Gasteiger partial charge in [-0.1, -0.05) is 19.8 Å². The van der Waals surface area contributed by atoms with Crippen LogP contribution in [0.25, 0.3) is 0 Å². The molecule has 2 rings (SSSR count). The van der Waals surface area contributed by atoms with Gasteiger partial charge in [0.2, 0.25) is 0 Å². The lowest BCUT2D eigenvalue weighted by Gasteiger charge is -2.31. The Morgan fingerprint density at radius 3 is 3.07 bits per heavy atom. The molecule has 84 valence electrons. The van der Waals surface area contributed by atoms with E-state index >= 15 is 0 Å². The zero-order valence-corrected chi connectivity index (χ0v) is 9.49.